The Kier molecular flexibility index (Phi) is 3.52. The lowest BCUT2D eigenvalue weighted by Gasteiger charge is -2.20. The van der Waals surface area contributed by atoms with Crippen LogP contribution in [0.3, 0.4) is 0 Å². The number of halogens is 5. The molecule has 0 aliphatic rings. The Hall–Kier alpha value is -1.17. The van der Waals surface area contributed by atoms with Gasteiger partial charge in [-0.25, -0.2) is 0 Å². The Morgan fingerprint density at radius 1 is 1.12 bits per heavy atom. The van der Waals surface area contributed by atoms with Gasteiger partial charge in [-0.2, -0.15) is 22.0 Å². The van der Waals surface area contributed by atoms with Gasteiger partial charge in [-0.3, -0.25) is 0 Å². The summed E-state index contributed by atoms with van der Waals surface area (Å²) in [5.74, 6) is -4.81. The summed E-state index contributed by atoms with van der Waals surface area (Å²) in [6.45, 7) is 0.238. The zero-order valence-electron chi connectivity index (χ0n) is 8.41. The monoisotopic (exact) mass is 239 g/mol. The smallest absolute Gasteiger partial charge is 0.316 e. The average Bonchev–Trinajstić information content (AvgIpc) is 2.17. The van der Waals surface area contributed by atoms with Crippen LogP contribution < -0.4 is 5.32 Å². The van der Waals surface area contributed by atoms with Crippen LogP contribution in [0.2, 0.25) is 0 Å². The van der Waals surface area contributed by atoms with E-state index in [0.29, 0.717) is 5.56 Å². The Labute approximate surface area is 89.3 Å². The van der Waals surface area contributed by atoms with Crippen molar-refractivity contribution in [1.29, 1.82) is 0 Å². The Bertz CT molecular complexity index is 358. The van der Waals surface area contributed by atoms with Crippen LogP contribution in [0.1, 0.15) is 11.1 Å². The molecule has 0 bridgehead atoms. The van der Waals surface area contributed by atoms with Crippen LogP contribution in [0.4, 0.5) is 22.0 Å². The van der Waals surface area contributed by atoms with Crippen molar-refractivity contribution >= 4 is 0 Å². The molecule has 0 aliphatic carbocycles. The van der Waals surface area contributed by atoms with Gasteiger partial charge in [0.1, 0.15) is 0 Å². The second kappa shape index (κ2) is 4.37. The Morgan fingerprint density at radius 3 is 2.25 bits per heavy atom. The summed E-state index contributed by atoms with van der Waals surface area (Å²) in [4.78, 5) is 0. The first kappa shape index (κ1) is 12.9. The lowest BCUT2D eigenvalue weighted by molar-refractivity contribution is -0.289. The fourth-order valence-electron chi connectivity index (χ4n) is 1.24. The van der Waals surface area contributed by atoms with Crippen molar-refractivity contribution in [3.05, 3.63) is 35.4 Å². The molecule has 0 heterocycles. The molecule has 0 aliphatic heterocycles. The quantitative estimate of drug-likeness (QED) is 0.799. The second-order valence-corrected chi connectivity index (χ2v) is 3.30. The van der Waals surface area contributed by atoms with Gasteiger partial charge in [0.15, 0.2) is 0 Å². The summed E-state index contributed by atoms with van der Waals surface area (Å²) in [7, 11) is 1.58. The number of alkyl halides is 5. The van der Waals surface area contributed by atoms with Gasteiger partial charge in [-0.1, -0.05) is 18.2 Å². The van der Waals surface area contributed by atoms with Gasteiger partial charge < -0.3 is 5.32 Å². The minimum atomic E-state index is -5.56. The summed E-state index contributed by atoms with van der Waals surface area (Å²) in [5, 5.41) is 2.68. The van der Waals surface area contributed by atoms with Crippen molar-refractivity contribution in [1.82, 2.24) is 5.32 Å². The number of hydrogen-bond donors (Lipinski definition) is 1. The fourth-order valence-corrected chi connectivity index (χ4v) is 1.24. The molecule has 0 fully saturated rings. The summed E-state index contributed by atoms with van der Waals surface area (Å²) in [5.41, 5.74) is -0.656. The van der Waals surface area contributed by atoms with Gasteiger partial charge >= 0.3 is 12.1 Å². The summed E-state index contributed by atoms with van der Waals surface area (Å²) < 4.78 is 62.1. The SMILES string of the molecule is CNCc1cccc(C(F)(F)C(F)(F)F)c1. The van der Waals surface area contributed by atoms with Crippen LogP contribution in [-0.4, -0.2) is 13.2 Å². The van der Waals surface area contributed by atoms with Crippen molar-refractivity contribution in [3.8, 4) is 0 Å². The maximum absolute atomic E-state index is 12.9. The number of rotatable bonds is 3. The van der Waals surface area contributed by atoms with Gasteiger partial charge in [0.25, 0.3) is 0 Å². The minimum absolute atomic E-state index is 0.238. The van der Waals surface area contributed by atoms with E-state index >= 15 is 0 Å². The van der Waals surface area contributed by atoms with Crippen LogP contribution in [0.15, 0.2) is 24.3 Å². The molecule has 0 amide bonds. The van der Waals surface area contributed by atoms with Crippen LogP contribution in [-0.2, 0) is 12.5 Å². The predicted octanol–water partition coefficient (Wildman–Crippen LogP) is 3.06. The van der Waals surface area contributed by atoms with Crippen LogP contribution in [0.5, 0.6) is 0 Å². The average molecular weight is 239 g/mol. The van der Waals surface area contributed by atoms with Gasteiger partial charge in [0, 0.05) is 12.1 Å². The van der Waals surface area contributed by atoms with E-state index in [1.54, 1.807) is 7.05 Å². The zero-order chi connectivity index (χ0) is 12.4. The molecule has 0 spiro atoms. The van der Waals surface area contributed by atoms with Crippen molar-refractivity contribution in [2.45, 2.75) is 18.6 Å². The maximum Gasteiger partial charge on any atom is 0.458 e. The highest BCUT2D eigenvalue weighted by molar-refractivity contribution is 5.27. The van der Waals surface area contributed by atoms with E-state index in [-0.39, 0.29) is 6.54 Å². The van der Waals surface area contributed by atoms with Crippen LogP contribution in [0, 0.1) is 0 Å². The highest BCUT2D eigenvalue weighted by atomic mass is 19.4. The number of hydrogen-bond acceptors (Lipinski definition) is 1. The van der Waals surface area contributed by atoms with Crippen molar-refractivity contribution in [2.75, 3.05) is 7.05 Å². The van der Waals surface area contributed by atoms with Crippen molar-refractivity contribution in [3.63, 3.8) is 0 Å². The molecule has 1 aromatic rings. The minimum Gasteiger partial charge on any atom is -0.316 e. The fraction of sp³-hybridized carbons (Fsp3) is 0.400. The molecule has 6 heteroatoms. The van der Waals surface area contributed by atoms with E-state index in [9.17, 15) is 22.0 Å². The molecular formula is C10H10F5N. The first-order chi connectivity index (χ1) is 7.29. The molecule has 1 N–H and O–H groups in total. The lowest BCUT2D eigenvalue weighted by atomic mass is 10.0. The van der Waals surface area contributed by atoms with Crippen molar-refractivity contribution < 1.29 is 22.0 Å². The first-order valence-electron chi connectivity index (χ1n) is 4.47. The molecule has 0 unspecified atom stereocenters. The highest BCUT2D eigenvalue weighted by Crippen LogP contribution is 2.43. The summed E-state index contributed by atoms with van der Waals surface area (Å²) in [6, 6.07) is 4.28. The Morgan fingerprint density at radius 2 is 1.75 bits per heavy atom. The molecular weight excluding hydrogens is 229 g/mol. The van der Waals surface area contributed by atoms with Gasteiger partial charge in [-0.05, 0) is 18.7 Å². The second-order valence-electron chi connectivity index (χ2n) is 3.30. The molecule has 0 radical (unpaired) electrons. The van der Waals surface area contributed by atoms with E-state index < -0.39 is 17.7 Å². The van der Waals surface area contributed by atoms with Crippen molar-refractivity contribution in [2.24, 2.45) is 0 Å². The third-order valence-corrected chi connectivity index (χ3v) is 2.03. The largest absolute Gasteiger partial charge is 0.458 e. The van der Waals surface area contributed by atoms with E-state index in [1.165, 1.54) is 12.1 Å². The predicted molar refractivity (Wildman–Crippen MR) is 49.2 cm³/mol. The molecule has 0 saturated heterocycles. The topological polar surface area (TPSA) is 12.0 Å². The highest BCUT2D eigenvalue weighted by Gasteiger charge is 2.58. The third-order valence-electron chi connectivity index (χ3n) is 2.03. The zero-order valence-corrected chi connectivity index (χ0v) is 8.41. The first-order valence-corrected chi connectivity index (χ1v) is 4.47. The molecule has 0 aromatic heterocycles. The number of nitrogens with one attached hydrogen (secondary N) is 1. The van der Waals surface area contributed by atoms with Crippen LogP contribution in [0.25, 0.3) is 0 Å². The molecule has 16 heavy (non-hydrogen) atoms. The summed E-state index contributed by atoms with van der Waals surface area (Å²) >= 11 is 0. The summed E-state index contributed by atoms with van der Waals surface area (Å²) in [6.07, 6.45) is -5.56. The van der Waals surface area contributed by atoms with E-state index in [1.807, 2.05) is 0 Å². The lowest BCUT2D eigenvalue weighted by Crippen LogP contribution is -2.33. The molecule has 0 saturated carbocycles. The standard InChI is InChI=1S/C10H10F5N/c1-16-6-7-3-2-4-8(5-7)9(11,12)10(13,14)15/h2-5,16H,6H2,1H3. The van der Waals surface area contributed by atoms with Gasteiger partial charge in [0.05, 0.1) is 0 Å². The van der Waals surface area contributed by atoms with E-state index in [0.717, 1.165) is 12.1 Å². The molecule has 0 atom stereocenters. The maximum atomic E-state index is 12.9. The molecule has 1 rings (SSSR count). The van der Waals surface area contributed by atoms with Gasteiger partial charge in [0.2, 0.25) is 0 Å². The normalized spacial score (nSPS) is 12.9. The van der Waals surface area contributed by atoms with E-state index in [4.69, 9.17) is 0 Å². The molecule has 90 valence electrons. The number of benzene rings is 1. The Balaban J connectivity index is 3.08. The molecule has 1 nitrogen and oxygen atoms in total. The van der Waals surface area contributed by atoms with E-state index in [2.05, 4.69) is 5.32 Å². The molecule has 1 aromatic carbocycles. The van der Waals surface area contributed by atoms with Gasteiger partial charge in [-0.15, -0.1) is 0 Å². The third kappa shape index (κ3) is 2.49. The van der Waals surface area contributed by atoms with Crippen LogP contribution >= 0.6 is 0 Å².